The fraction of sp³-hybridized carbons (Fsp3) is 0.286. The van der Waals surface area contributed by atoms with Crippen molar-refractivity contribution in [3.63, 3.8) is 0 Å². The first kappa shape index (κ1) is 14.3. The molecule has 0 amide bonds. The molecule has 0 aliphatic carbocycles. The molecule has 2 aromatic rings. The summed E-state index contributed by atoms with van der Waals surface area (Å²) < 4.78 is 2.31. The van der Waals surface area contributed by atoms with Gasteiger partial charge in [0, 0.05) is 9.35 Å². The topological polar surface area (TPSA) is 12.0 Å². The fourth-order valence-corrected chi connectivity index (χ4v) is 4.21. The van der Waals surface area contributed by atoms with Crippen LogP contribution in [0.4, 0.5) is 0 Å². The van der Waals surface area contributed by atoms with E-state index in [1.807, 2.05) is 0 Å². The van der Waals surface area contributed by atoms with E-state index in [0.717, 1.165) is 11.0 Å². The molecule has 0 fully saturated rings. The van der Waals surface area contributed by atoms with Gasteiger partial charge in [-0.05, 0) is 58.7 Å². The van der Waals surface area contributed by atoms with Gasteiger partial charge in [-0.2, -0.15) is 0 Å². The molecule has 2 rings (SSSR count). The minimum absolute atomic E-state index is 0.259. The second-order valence-corrected chi connectivity index (χ2v) is 7.66. The van der Waals surface area contributed by atoms with Crippen molar-refractivity contribution in [2.24, 2.45) is 0 Å². The summed E-state index contributed by atoms with van der Waals surface area (Å²) in [5.74, 6) is 0. The van der Waals surface area contributed by atoms with Gasteiger partial charge in [0.25, 0.3) is 0 Å². The Morgan fingerprint density at radius 2 is 2.06 bits per heavy atom. The van der Waals surface area contributed by atoms with Gasteiger partial charge in [-0.3, -0.25) is 0 Å². The fourth-order valence-electron chi connectivity index (χ4n) is 2.04. The highest BCUT2D eigenvalue weighted by atomic mass is 79.9. The smallest absolute Gasteiger partial charge is 0.0704 e. The first-order valence-corrected chi connectivity index (χ1v) is 8.26. The Kier molecular flexibility index (Phi) is 5.01. The number of hydrogen-bond acceptors (Lipinski definition) is 2. The van der Waals surface area contributed by atoms with E-state index in [2.05, 4.69) is 81.4 Å². The minimum Gasteiger partial charge on any atom is -0.306 e. The number of rotatable bonds is 4. The van der Waals surface area contributed by atoms with Crippen molar-refractivity contribution in [3.05, 3.63) is 54.6 Å². The molecular weight excluding hydrogens is 374 g/mol. The standard InChI is InChI=1S/C14H15Br2NS/c1-3-17-14(10-5-4-6-11(15)7-10)12-8-13(16)18-9(12)2/h4-8,14,17H,3H2,1-2H3. The van der Waals surface area contributed by atoms with Crippen molar-refractivity contribution in [2.75, 3.05) is 6.54 Å². The van der Waals surface area contributed by atoms with Gasteiger partial charge in [-0.15, -0.1) is 11.3 Å². The summed E-state index contributed by atoms with van der Waals surface area (Å²) in [5.41, 5.74) is 2.64. The van der Waals surface area contributed by atoms with Gasteiger partial charge in [0.2, 0.25) is 0 Å². The Hall–Kier alpha value is -0.160. The molecule has 1 N–H and O–H groups in total. The minimum atomic E-state index is 0.259. The molecule has 0 saturated carbocycles. The molecule has 0 aliphatic heterocycles. The summed E-state index contributed by atoms with van der Waals surface area (Å²) in [4.78, 5) is 1.35. The molecule has 1 aromatic heterocycles. The van der Waals surface area contributed by atoms with Crippen molar-refractivity contribution in [2.45, 2.75) is 19.9 Å². The zero-order chi connectivity index (χ0) is 13.1. The second kappa shape index (κ2) is 6.33. The molecule has 0 saturated heterocycles. The lowest BCUT2D eigenvalue weighted by atomic mass is 9.99. The van der Waals surface area contributed by atoms with Crippen LogP contribution in [0, 0.1) is 6.92 Å². The zero-order valence-electron chi connectivity index (χ0n) is 10.3. The largest absolute Gasteiger partial charge is 0.306 e. The van der Waals surface area contributed by atoms with Crippen molar-refractivity contribution in [1.29, 1.82) is 0 Å². The van der Waals surface area contributed by atoms with Gasteiger partial charge in [0.1, 0.15) is 0 Å². The van der Waals surface area contributed by atoms with Crippen molar-refractivity contribution >= 4 is 43.2 Å². The van der Waals surface area contributed by atoms with E-state index in [9.17, 15) is 0 Å². The van der Waals surface area contributed by atoms with Gasteiger partial charge in [-0.1, -0.05) is 35.0 Å². The van der Waals surface area contributed by atoms with Crippen LogP contribution < -0.4 is 5.32 Å². The van der Waals surface area contributed by atoms with Gasteiger partial charge in [0.05, 0.1) is 9.83 Å². The van der Waals surface area contributed by atoms with Crippen LogP contribution in [0.15, 0.2) is 38.6 Å². The Labute approximate surface area is 129 Å². The normalized spacial score (nSPS) is 12.7. The van der Waals surface area contributed by atoms with Gasteiger partial charge >= 0.3 is 0 Å². The highest BCUT2D eigenvalue weighted by molar-refractivity contribution is 9.11. The van der Waals surface area contributed by atoms with Crippen LogP contribution in [0.3, 0.4) is 0 Å². The average molecular weight is 389 g/mol. The maximum atomic E-state index is 3.57. The van der Waals surface area contributed by atoms with Crippen molar-refractivity contribution < 1.29 is 0 Å². The molecule has 96 valence electrons. The average Bonchev–Trinajstić information content (AvgIpc) is 2.65. The first-order chi connectivity index (χ1) is 8.61. The van der Waals surface area contributed by atoms with E-state index >= 15 is 0 Å². The van der Waals surface area contributed by atoms with Crippen molar-refractivity contribution in [1.82, 2.24) is 5.32 Å². The van der Waals surface area contributed by atoms with E-state index in [4.69, 9.17) is 0 Å². The molecule has 0 spiro atoms. The number of nitrogens with one attached hydrogen (secondary N) is 1. The van der Waals surface area contributed by atoms with Gasteiger partial charge in [-0.25, -0.2) is 0 Å². The van der Waals surface area contributed by atoms with Crippen LogP contribution >= 0.6 is 43.2 Å². The van der Waals surface area contributed by atoms with Gasteiger partial charge < -0.3 is 5.32 Å². The Morgan fingerprint density at radius 1 is 1.28 bits per heavy atom. The summed E-state index contributed by atoms with van der Waals surface area (Å²) in [6.07, 6.45) is 0. The number of halogens is 2. The predicted molar refractivity (Wildman–Crippen MR) is 86.4 cm³/mol. The maximum absolute atomic E-state index is 3.57. The number of hydrogen-bond donors (Lipinski definition) is 1. The van der Waals surface area contributed by atoms with Crippen LogP contribution in [0.1, 0.15) is 29.0 Å². The molecule has 1 nitrogen and oxygen atoms in total. The van der Waals surface area contributed by atoms with E-state index in [-0.39, 0.29) is 6.04 Å². The zero-order valence-corrected chi connectivity index (χ0v) is 14.3. The predicted octanol–water partition coefficient (Wildman–Crippen LogP) is 5.28. The molecule has 1 heterocycles. The Balaban J connectivity index is 2.42. The summed E-state index contributed by atoms with van der Waals surface area (Å²) in [5, 5.41) is 3.56. The quantitative estimate of drug-likeness (QED) is 0.751. The van der Waals surface area contributed by atoms with Crippen molar-refractivity contribution in [3.8, 4) is 0 Å². The Morgan fingerprint density at radius 3 is 2.61 bits per heavy atom. The number of benzene rings is 1. The lowest BCUT2D eigenvalue weighted by Gasteiger charge is -2.19. The third kappa shape index (κ3) is 3.23. The van der Waals surface area contributed by atoms with E-state index < -0.39 is 0 Å². The van der Waals surface area contributed by atoms with E-state index in [0.29, 0.717) is 0 Å². The first-order valence-electron chi connectivity index (χ1n) is 5.86. The molecule has 4 heteroatoms. The van der Waals surface area contributed by atoms with Gasteiger partial charge in [0.15, 0.2) is 0 Å². The monoisotopic (exact) mass is 387 g/mol. The summed E-state index contributed by atoms with van der Waals surface area (Å²) >= 11 is 8.90. The lowest BCUT2D eigenvalue weighted by Crippen LogP contribution is -2.22. The van der Waals surface area contributed by atoms with Crippen LogP contribution in [0.25, 0.3) is 0 Å². The van der Waals surface area contributed by atoms with Crippen LogP contribution in [0.5, 0.6) is 0 Å². The van der Waals surface area contributed by atoms with Crippen LogP contribution in [-0.4, -0.2) is 6.54 Å². The molecule has 0 aliphatic rings. The third-order valence-electron chi connectivity index (χ3n) is 2.83. The maximum Gasteiger partial charge on any atom is 0.0704 e. The second-order valence-electron chi connectivity index (χ2n) is 4.11. The number of thiophene rings is 1. The third-order valence-corrected chi connectivity index (χ3v) is 4.89. The number of aryl methyl sites for hydroxylation is 1. The van der Waals surface area contributed by atoms with E-state index in [1.54, 1.807) is 11.3 Å². The molecule has 1 unspecified atom stereocenters. The Bertz CT molecular complexity index is 536. The van der Waals surface area contributed by atoms with Crippen LogP contribution in [-0.2, 0) is 0 Å². The SMILES string of the molecule is CCNC(c1cccc(Br)c1)c1cc(Br)sc1C. The van der Waals surface area contributed by atoms with Crippen LogP contribution in [0.2, 0.25) is 0 Å². The molecule has 18 heavy (non-hydrogen) atoms. The molecular formula is C14H15Br2NS. The summed E-state index contributed by atoms with van der Waals surface area (Å²) in [6, 6.07) is 11.0. The van der Waals surface area contributed by atoms with E-state index in [1.165, 1.54) is 19.8 Å². The summed E-state index contributed by atoms with van der Waals surface area (Å²) in [6.45, 7) is 5.26. The lowest BCUT2D eigenvalue weighted by molar-refractivity contribution is 0.629. The summed E-state index contributed by atoms with van der Waals surface area (Å²) in [7, 11) is 0. The molecule has 0 radical (unpaired) electrons. The molecule has 0 bridgehead atoms. The molecule has 1 atom stereocenters. The molecule has 1 aromatic carbocycles. The highest BCUT2D eigenvalue weighted by Gasteiger charge is 2.17. The highest BCUT2D eigenvalue weighted by Crippen LogP contribution is 2.34.